The molecule has 0 radical (unpaired) electrons. The second-order valence-electron chi connectivity index (χ2n) is 10.1. The third kappa shape index (κ3) is 4.91. The molecule has 2 aromatic carbocycles. The van der Waals surface area contributed by atoms with Crippen molar-refractivity contribution in [2.75, 3.05) is 12.4 Å². The number of hydrogen-bond acceptors (Lipinski definition) is 6. The van der Waals surface area contributed by atoms with Crippen LogP contribution in [0.4, 0.5) is 23.2 Å². The molecule has 2 bridgehead atoms. The number of nitrogens with zero attached hydrogens (tertiary/aromatic N) is 3. The maximum absolute atomic E-state index is 13.8. The normalized spacial score (nSPS) is 21.8. The minimum atomic E-state index is -4.92. The van der Waals surface area contributed by atoms with Gasteiger partial charge in [-0.25, -0.2) is 4.39 Å². The first-order chi connectivity index (χ1) is 19.0. The van der Waals surface area contributed by atoms with Crippen LogP contribution in [-0.2, 0) is 11.0 Å². The van der Waals surface area contributed by atoms with Crippen LogP contribution in [0.25, 0.3) is 11.4 Å². The molecule has 1 aromatic heterocycles. The number of hydrogen-bond donors (Lipinski definition) is 3. The van der Waals surface area contributed by atoms with Gasteiger partial charge in [-0.2, -0.15) is 18.4 Å². The second kappa shape index (κ2) is 10.4. The molecule has 0 saturated heterocycles. The number of carbonyl (C=O) groups excluding carboxylic acids is 2. The number of aromatic amines is 1. The lowest BCUT2D eigenvalue weighted by Crippen LogP contribution is -2.48. The van der Waals surface area contributed by atoms with E-state index in [2.05, 4.69) is 31.3 Å². The fraction of sp³-hybridized carbons (Fsp3) is 0.370. The Labute approximate surface area is 226 Å². The van der Waals surface area contributed by atoms with Crippen LogP contribution in [0.15, 0.2) is 47.5 Å². The van der Waals surface area contributed by atoms with E-state index in [-0.39, 0.29) is 28.9 Å². The number of alkyl halides is 3. The largest absolute Gasteiger partial charge is 0.496 e. The first-order valence-corrected chi connectivity index (χ1v) is 12.6. The van der Waals surface area contributed by atoms with Gasteiger partial charge in [0.15, 0.2) is 0 Å². The van der Waals surface area contributed by atoms with E-state index in [1.165, 1.54) is 7.11 Å². The number of ether oxygens (including phenoxy) is 1. The molecule has 3 N–H and O–H groups in total. The van der Waals surface area contributed by atoms with E-state index >= 15 is 0 Å². The van der Waals surface area contributed by atoms with E-state index in [4.69, 9.17) is 4.74 Å². The summed E-state index contributed by atoms with van der Waals surface area (Å²) >= 11 is 0. The Hall–Kier alpha value is -4.29. The molecule has 210 valence electrons. The Balaban J connectivity index is 1.45. The van der Waals surface area contributed by atoms with Gasteiger partial charge in [-0.1, -0.05) is 11.1 Å². The number of allylic oxidation sites excluding steroid dienone is 1. The SMILES string of the molecule is COc1ccc(-c2nn[nH]n2)cc1C(=O)N[C@@H]1C2CCC(C2=C(C)C)[C@@H]1C(=O)Nc1ccc(F)c(C(F)(F)F)c1. The summed E-state index contributed by atoms with van der Waals surface area (Å²) < 4.78 is 58.9. The van der Waals surface area contributed by atoms with Crippen molar-refractivity contribution in [3.8, 4) is 17.1 Å². The maximum Gasteiger partial charge on any atom is 0.419 e. The molecule has 1 heterocycles. The molecule has 3 aromatic rings. The number of aromatic nitrogens is 4. The van der Waals surface area contributed by atoms with Crippen molar-refractivity contribution in [1.29, 1.82) is 0 Å². The first kappa shape index (κ1) is 27.3. The molecule has 0 spiro atoms. The topological polar surface area (TPSA) is 122 Å². The minimum absolute atomic E-state index is 0.125. The monoisotopic (exact) mass is 558 g/mol. The summed E-state index contributed by atoms with van der Waals surface area (Å²) in [4.78, 5) is 27.2. The van der Waals surface area contributed by atoms with Crippen molar-refractivity contribution < 1.29 is 31.9 Å². The smallest absolute Gasteiger partial charge is 0.419 e. The number of rotatable bonds is 6. The van der Waals surface area contributed by atoms with Crippen molar-refractivity contribution in [2.24, 2.45) is 17.8 Å². The van der Waals surface area contributed by atoms with Gasteiger partial charge in [0.05, 0.1) is 24.2 Å². The Morgan fingerprint density at radius 2 is 1.82 bits per heavy atom. The van der Waals surface area contributed by atoms with Crippen molar-refractivity contribution in [1.82, 2.24) is 25.9 Å². The zero-order valence-electron chi connectivity index (χ0n) is 21.8. The van der Waals surface area contributed by atoms with Crippen LogP contribution in [0.2, 0.25) is 0 Å². The molecule has 2 aliphatic carbocycles. The molecule has 0 aliphatic heterocycles. The lowest BCUT2D eigenvalue weighted by atomic mass is 9.83. The van der Waals surface area contributed by atoms with Gasteiger partial charge in [0.2, 0.25) is 11.7 Å². The number of benzene rings is 2. The van der Waals surface area contributed by atoms with Gasteiger partial charge in [0, 0.05) is 23.2 Å². The van der Waals surface area contributed by atoms with E-state index in [0.29, 0.717) is 29.9 Å². The van der Waals surface area contributed by atoms with Crippen LogP contribution >= 0.6 is 0 Å². The number of anilines is 1. The van der Waals surface area contributed by atoms with Gasteiger partial charge in [0.25, 0.3) is 5.91 Å². The zero-order valence-corrected chi connectivity index (χ0v) is 21.8. The van der Waals surface area contributed by atoms with E-state index in [1.54, 1.807) is 18.2 Å². The molecule has 2 fully saturated rings. The summed E-state index contributed by atoms with van der Waals surface area (Å²) in [5.74, 6) is -2.98. The number of fused-ring (bicyclic) bond motifs is 2. The van der Waals surface area contributed by atoms with Gasteiger partial charge in [-0.05, 0) is 74.2 Å². The van der Waals surface area contributed by atoms with Gasteiger partial charge in [0.1, 0.15) is 11.6 Å². The summed E-state index contributed by atoms with van der Waals surface area (Å²) in [6.07, 6.45) is -3.48. The molecular weight excluding hydrogens is 532 g/mol. The molecule has 2 aliphatic rings. The van der Waals surface area contributed by atoms with Gasteiger partial charge < -0.3 is 15.4 Å². The summed E-state index contributed by atoms with van der Waals surface area (Å²) in [5, 5.41) is 19.3. The lowest BCUT2D eigenvalue weighted by Gasteiger charge is -2.30. The molecule has 5 rings (SSSR count). The molecule has 13 heteroatoms. The molecule has 9 nitrogen and oxygen atoms in total. The van der Waals surface area contributed by atoms with Gasteiger partial charge >= 0.3 is 6.18 Å². The van der Waals surface area contributed by atoms with E-state index in [0.717, 1.165) is 23.6 Å². The first-order valence-electron chi connectivity index (χ1n) is 12.6. The van der Waals surface area contributed by atoms with Crippen molar-refractivity contribution >= 4 is 17.5 Å². The highest BCUT2D eigenvalue weighted by molar-refractivity contribution is 6.00. The van der Waals surface area contributed by atoms with E-state index in [1.807, 2.05) is 13.8 Å². The van der Waals surface area contributed by atoms with Gasteiger partial charge in [-0.15, -0.1) is 10.2 Å². The molecule has 4 atom stereocenters. The number of halogens is 4. The summed E-state index contributed by atoms with van der Waals surface area (Å²) in [6.45, 7) is 3.87. The van der Waals surface area contributed by atoms with E-state index in [9.17, 15) is 27.2 Å². The molecule has 2 saturated carbocycles. The maximum atomic E-state index is 13.8. The standard InChI is InChI=1S/C27H26F4N6O3/c1-12(2)21-15-6-7-16(21)23(22(15)26(39)32-14-5-8-19(28)18(11-14)27(29,30)31)33-25(38)17-10-13(4-9-20(17)40-3)24-34-36-37-35-24/h4-5,8-11,15-16,22-23H,6-7H2,1-3H3,(H,32,39)(H,33,38)(H,34,35,36,37)/t15?,16?,22-,23+/m0/s1. The van der Waals surface area contributed by atoms with Gasteiger partial charge in [-0.3, -0.25) is 9.59 Å². The molecule has 2 unspecified atom stereocenters. The predicted molar refractivity (Wildman–Crippen MR) is 136 cm³/mol. The Bertz CT molecular complexity index is 1480. The summed E-state index contributed by atoms with van der Waals surface area (Å²) in [5.41, 5.74) is 1.15. The fourth-order valence-corrected chi connectivity index (χ4v) is 6.05. The average Bonchev–Trinajstić information content (AvgIpc) is 3.65. The molecular formula is C27H26F4N6O3. The van der Waals surface area contributed by atoms with Crippen molar-refractivity contribution in [2.45, 2.75) is 38.9 Å². The van der Waals surface area contributed by atoms with Crippen LogP contribution in [0.3, 0.4) is 0 Å². The second-order valence-corrected chi connectivity index (χ2v) is 10.1. The number of H-pyrrole nitrogens is 1. The third-order valence-electron chi connectivity index (χ3n) is 7.61. The average molecular weight is 559 g/mol. The quantitative estimate of drug-likeness (QED) is 0.296. The lowest BCUT2D eigenvalue weighted by molar-refractivity contribution is -0.140. The fourth-order valence-electron chi connectivity index (χ4n) is 6.05. The van der Waals surface area contributed by atoms with E-state index < -0.39 is 41.3 Å². The summed E-state index contributed by atoms with van der Waals surface area (Å²) in [7, 11) is 1.42. The van der Waals surface area contributed by atoms with Crippen molar-refractivity contribution in [3.05, 3.63) is 64.5 Å². The number of nitrogens with one attached hydrogen (secondary N) is 3. The third-order valence-corrected chi connectivity index (χ3v) is 7.61. The van der Waals surface area contributed by atoms with Crippen LogP contribution in [0.5, 0.6) is 5.75 Å². The zero-order chi connectivity index (χ0) is 28.8. The number of amides is 2. The van der Waals surface area contributed by atoms with Crippen LogP contribution in [-0.4, -0.2) is 45.6 Å². The highest BCUT2D eigenvalue weighted by Crippen LogP contribution is 2.54. The predicted octanol–water partition coefficient (Wildman–Crippen LogP) is 4.76. The Kier molecular flexibility index (Phi) is 7.06. The van der Waals surface area contributed by atoms with Crippen molar-refractivity contribution in [3.63, 3.8) is 0 Å². The molecule has 40 heavy (non-hydrogen) atoms. The Morgan fingerprint density at radius 1 is 1.07 bits per heavy atom. The summed E-state index contributed by atoms with van der Waals surface area (Å²) in [6, 6.07) is 6.53. The van der Waals surface area contributed by atoms with Crippen LogP contribution < -0.4 is 15.4 Å². The highest BCUT2D eigenvalue weighted by atomic mass is 19.4. The Morgan fingerprint density at radius 3 is 2.48 bits per heavy atom. The molecule has 2 amide bonds. The minimum Gasteiger partial charge on any atom is -0.496 e. The highest BCUT2D eigenvalue weighted by Gasteiger charge is 2.55. The van der Waals surface area contributed by atoms with Crippen LogP contribution in [0.1, 0.15) is 42.6 Å². The number of tetrazole rings is 1. The van der Waals surface area contributed by atoms with Crippen LogP contribution in [0, 0.1) is 23.6 Å². The number of carbonyl (C=O) groups is 2. The number of methoxy groups -OCH3 is 1.